The van der Waals surface area contributed by atoms with Crippen molar-refractivity contribution in [2.45, 2.75) is 6.61 Å². The fourth-order valence-electron chi connectivity index (χ4n) is 2.75. The maximum atomic E-state index is 12.5. The SMILES string of the molecule is COCc1c(C(=O)NCCOc2ccc(C(=O)NO)cc2)oc2ccccc12. The molecule has 0 aliphatic carbocycles. The average Bonchev–Trinajstić information content (AvgIpc) is 3.10. The predicted molar refractivity (Wildman–Crippen MR) is 100 cm³/mol. The number of hydroxylamine groups is 1. The van der Waals surface area contributed by atoms with Gasteiger partial charge in [-0.2, -0.15) is 0 Å². The standard InChI is InChI=1S/C20H20N2O6/c1-26-12-16-15-4-2-3-5-17(15)28-18(16)20(24)21-10-11-27-14-8-6-13(7-9-14)19(23)22-25/h2-9,25H,10-12H2,1H3,(H,21,24)(H,22,23). The van der Waals surface area contributed by atoms with Crippen molar-refractivity contribution in [1.29, 1.82) is 0 Å². The van der Waals surface area contributed by atoms with Gasteiger partial charge in [0.25, 0.3) is 11.8 Å². The topological polar surface area (TPSA) is 110 Å². The minimum Gasteiger partial charge on any atom is -0.492 e. The molecule has 0 bridgehead atoms. The van der Waals surface area contributed by atoms with Gasteiger partial charge in [0.05, 0.1) is 13.2 Å². The van der Waals surface area contributed by atoms with E-state index in [1.807, 2.05) is 18.2 Å². The third-order valence-electron chi connectivity index (χ3n) is 4.07. The first-order valence-corrected chi connectivity index (χ1v) is 8.59. The smallest absolute Gasteiger partial charge is 0.287 e. The van der Waals surface area contributed by atoms with Crippen molar-refractivity contribution in [2.24, 2.45) is 0 Å². The minimum atomic E-state index is -0.600. The van der Waals surface area contributed by atoms with E-state index >= 15 is 0 Å². The van der Waals surface area contributed by atoms with Gasteiger partial charge in [0, 0.05) is 23.6 Å². The quantitative estimate of drug-likeness (QED) is 0.313. The van der Waals surface area contributed by atoms with Crippen molar-refractivity contribution in [3.05, 3.63) is 65.4 Å². The van der Waals surface area contributed by atoms with Crippen molar-refractivity contribution in [3.63, 3.8) is 0 Å². The number of para-hydroxylation sites is 1. The molecule has 0 fully saturated rings. The van der Waals surface area contributed by atoms with E-state index in [-0.39, 0.29) is 31.4 Å². The lowest BCUT2D eigenvalue weighted by Gasteiger charge is -2.08. The molecule has 1 heterocycles. The van der Waals surface area contributed by atoms with Crippen LogP contribution in [-0.2, 0) is 11.3 Å². The number of nitrogens with one attached hydrogen (secondary N) is 2. The van der Waals surface area contributed by atoms with Gasteiger partial charge < -0.3 is 19.2 Å². The Morgan fingerprint density at radius 1 is 1.07 bits per heavy atom. The largest absolute Gasteiger partial charge is 0.492 e. The maximum absolute atomic E-state index is 12.5. The van der Waals surface area contributed by atoms with E-state index in [4.69, 9.17) is 19.1 Å². The van der Waals surface area contributed by atoms with Crippen LogP contribution in [0.1, 0.15) is 26.5 Å². The highest BCUT2D eigenvalue weighted by atomic mass is 16.5. The van der Waals surface area contributed by atoms with Crippen LogP contribution in [0.3, 0.4) is 0 Å². The zero-order valence-electron chi connectivity index (χ0n) is 15.2. The van der Waals surface area contributed by atoms with Crippen LogP contribution in [0, 0.1) is 0 Å². The van der Waals surface area contributed by atoms with Gasteiger partial charge in [0.1, 0.15) is 17.9 Å². The summed E-state index contributed by atoms with van der Waals surface area (Å²) in [6.07, 6.45) is 0. The molecule has 8 heteroatoms. The lowest BCUT2D eigenvalue weighted by molar-refractivity contribution is 0.0706. The molecule has 3 rings (SSSR count). The molecule has 0 radical (unpaired) electrons. The molecule has 0 saturated carbocycles. The number of ether oxygens (including phenoxy) is 2. The first-order valence-electron chi connectivity index (χ1n) is 8.59. The molecular formula is C20H20N2O6. The van der Waals surface area contributed by atoms with E-state index in [9.17, 15) is 9.59 Å². The molecule has 0 atom stereocenters. The summed E-state index contributed by atoms with van der Waals surface area (Å²) in [5.74, 6) is -0.187. The Morgan fingerprint density at radius 3 is 2.54 bits per heavy atom. The fraction of sp³-hybridized carbons (Fsp3) is 0.200. The van der Waals surface area contributed by atoms with Gasteiger partial charge in [0.2, 0.25) is 0 Å². The van der Waals surface area contributed by atoms with Gasteiger partial charge in [-0.1, -0.05) is 18.2 Å². The van der Waals surface area contributed by atoms with Crippen LogP contribution < -0.4 is 15.5 Å². The molecular weight excluding hydrogens is 364 g/mol. The highest BCUT2D eigenvalue weighted by molar-refractivity contribution is 5.99. The van der Waals surface area contributed by atoms with Crippen molar-refractivity contribution < 1.29 is 28.7 Å². The summed E-state index contributed by atoms with van der Waals surface area (Å²) >= 11 is 0. The summed E-state index contributed by atoms with van der Waals surface area (Å²) < 4.78 is 16.4. The Kier molecular flexibility index (Phi) is 6.25. The molecule has 0 unspecified atom stereocenters. The number of methoxy groups -OCH3 is 1. The zero-order chi connectivity index (χ0) is 19.9. The van der Waals surface area contributed by atoms with Gasteiger partial charge in [-0.05, 0) is 30.3 Å². The monoisotopic (exact) mass is 384 g/mol. The van der Waals surface area contributed by atoms with E-state index in [0.717, 1.165) is 5.39 Å². The molecule has 0 aliphatic heterocycles. The summed E-state index contributed by atoms with van der Waals surface area (Å²) in [4.78, 5) is 23.8. The van der Waals surface area contributed by atoms with E-state index < -0.39 is 5.91 Å². The summed E-state index contributed by atoms with van der Waals surface area (Å²) in [6.45, 7) is 0.766. The molecule has 0 saturated heterocycles. The van der Waals surface area contributed by atoms with Crippen LogP contribution in [0.2, 0.25) is 0 Å². The zero-order valence-corrected chi connectivity index (χ0v) is 15.2. The van der Waals surface area contributed by atoms with Crippen LogP contribution in [0.25, 0.3) is 11.0 Å². The van der Waals surface area contributed by atoms with Crippen LogP contribution >= 0.6 is 0 Å². The number of amides is 2. The lowest BCUT2D eigenvalue weighted by atomic mass is 10.1. The van der Waals surface area contributed by atoms with Crippen molar-refractivity contribution in [1.82, 2.24) is 10.8 Å². The minimum absolute atomic E-state index is 0.224. The van der Waals surface area contributed by atoms with Crippen LogP contribution in [0.4, 0.5) is 0 Å². The number of fused-ring (bicyclic) bond motifs is 1. The number of hydrogen-bond acceptors (Lipinski definition) is 6. The molecule has 2 aromatic carbocycles. The molecule has 3 aromatic rings. The maximum Gasteiger partial charge on any atom is 0.287 e. The Morgan fingerprint density at radius 2 is 1.82 bits per heavy atom. The first kappa shape index (κ1) is 19.4. The number of furan rings is 1. The van der Waals surface area contributed by atoms with Crippen molar-refractivity contribution in [2.75, 3.05) is 20.3 Å². The summed E-state index contributed by atoms with van der Waals surface area (Å²) in [7, 11) is 1.56. The summed E-state index contributed by atoms with van der Waals surface area (Å²) in [6, 6.07) is 13.6. The van der Waals surface area contributed by atoms with Crippen LogP contribution in [0.15, 0.2) is 52.9 Å². The van der Waals surface area contributed by atoms with Gasteiger partial charge in [-0.3, -0.25) is 14.8 Å². The predicted octanol–water partition coefficient (Wildman–Crippen LogP) is 2.51. The summed E-state index contributed by atoms with van der Waals surface area (Å²) in [5.41, 5.74) is 3.19. The third kappa shape index (κ3) is 4.30. The summed E-state index contributed by atoms with van der Waals surface area (Å²) in [5, 5.41) is 12.2. The Balaban J connectivity index is 1.57. The van der Waals surface area contributed by atoms with Crippen LogP contribution in [-0.4, -0.2) is 37.3 Å². The highest BCUT2D eigenvalue weighted by Gasteiger charge is 2.20. The number of benzene rings is 2. The van der Waals surface area contributed by atoms with E-state index in [1.165, 1.54) is 12.1 Å². The van der Waals surface area contributed by atoms with Gasteiger partial charge in [-0.25, -0.2) is 5.48 Å². The third-order valence-corrected chi connectivity index (χ3v) is 4.07. The fourth-order valence-corrected chi connectivity index (χ4v) is 2.75. The molecule has 8 nitrogen and oxygen atoms in total. The Labute approximate surface area is 161 Å². The lowest BCUT2D eigenvalue weighted by Crippen LogP contribution is -2.28. The van der Waals surface area contributed by atoms with E-state index in [1.54, 1.807) is 30.8 Å². The second-order valence-electron chi connectivity index (χ2n) is 5.91. The number of rotatable bonds is 8. The molecule has 1 aromatic heterocycles. The number of carbonyl (C=O) groups excluding carboxylic acids is 2. The van der Waals surface area contributed by atoms with Crippen molar-refractivity contribution >= 4 is 22.8 Å². The van der Waals surface area contributed by atoms with Crippen LogP contribution in [0.5, 0.6) is 5.75 Å². The Bertz CT molecular complexity index is 964. The molecule has 0 aliphatic rings. The number of carbonyl (C=O) groups is 2. The van der Waals surface area contributed by atoms with Gasteiger partial charge in [-0.15, -0.1) is 0 Å². The van der Waals surface area contributed by atoms with E-state index in [2.05, 4.69) is 5.32 Å². The average molecular weight is 384 g/mol. The Hall–Kier alpha value is -3.36. The number of hydrogen-bond donors (Lipinski definition) is 3. The van der Waals surface area contributed by atoms with Gasteiger partial charge >= 0.3 is 0 Å². The second-order valence-corrected chi connectivity index (χ2v) is 5.91. The molecule has 28 heavy (non-hydrogen) atoms. The molecule has 146 valence electrons. The normalized spacial score (nSPS) is 10.6. The second kappa shape index (κ2) is 9.03. The molecule has 2 amide bonds. The first-order chi connectivity index (χ1) is 13.6. The molecule has 3 N–H and O–H groups in total. The molecule has 0 spiro atoms. The highest BCUT2D eigenvalue weighted by Crippen LogP contribution is 2.26. The van der Waals surface area contributed by atoms with E-state index in [0.29, 0.717) is 22.5 Å². The van der Waals surface area contributed by atoms with Crippen molar-refractivity contribution in [3.8, 4) is 5.75 Å². The van der Waals surface area contributed by atoms with Gasteiger partial charge in [0.15, 0.2) is 5.76 Å².